The number of anilines is 1. The number of rotatable bonds is 3. The quantitative estimate of drug-likeness (QED) is 0.902. The van der Waals surface area contributed by atoms with Crippen LogP contribution >= 0.6 is 0 Å². The molecule has 108 valence electrons. The van der Waals surface area contributed by atoms with Crippen molar-refractivity contribution in [2.75, 3.05) is 38.2 Å². The van der Waals surface area contributed by atoms with E-state index in [1.807, 2.05) is 10.6 Å². The zero-order chi connectivity index (χ0) is 14.1. The predicted molar refractivity (Wildman–Crippen MR) is 78.3 cm³/mol. The van der Waals surface area contributed by atoms with Crippen LogP contribution in [0.15, 0.2) is 6.07 Å². The summed E-state index contributed by atoms with van der Waals surface area (Å²) in [6.45, 7) is 8.71. The van der Waals surface area contributed by atoms with Gasteiger partial charge in [-0.2, -0.15) is 9.61 Å². The van der Waals surface area contributed by atoms with Crippen molar-refractivity contribution >= 4 is 11.5 Å². The van der Waals surface area contributed by atoms with Gasteiger partial charge in [-0.25, -0.2) is 4.98 Å². The third-order valence-electron chi connectivity index (χ3n) is 3.81. The van der Waals surface area contributed by atoms with Gasteiger partial charge < -0.3 is 15.0 Å². The Morgan fingerprint density at radius 2 is 2.05 bits per heavy atom. The molecule has 1 aliphatic heterocycles. The van der Waals surface area contributed by atoms with Crippen molar-refractivity contribution in [1.82, 2.24) is 19.9 Å². The lowest BCUT2D eigenvalue weighted by molar-refractivity contribution is 0.181. The Morgan fingerprint density at radius 1 is 1.30 bits per heavy atom. The van der Waals surface area contributed by atoms with Crippen LogP contribution in [0, 0.1) is 13.8 Å². The molecule has 1 saturated heterocycles. The average Bonchev–Trinajstić information content (AvgIpc) is 2.83. The van der Waals surface area contributed by atoms with Gasteiger partial charge >= 0.3 is 0 Å². The van der Waals surface area contributed by atoms with Crippen LogP contribution in [0.4, 0.5) is 5.82 Å². The van der Waals surface area contributed by atoms with Crippen molar-refractivity contribution in [2.45, 2.75) is 20.5 Å². The lowest BCUT2D eigenvalue weighted by Crippen LogP contribution is -2.44. The monoisotopic (exact) mass is 275 g/mol. The van der Waals surface area contributed by atoms with Gasteiger partial charge in [0.05, 0.1) is 12.3 Å². The fourth-order valence-electron chi connectivity index (χ4n) is 2.70. The van der Waals surface area contributed by atoms with Gasteiger partial charge in [0.25, 0.3) is 0 Å². The van der Waals surface area contributed by atoms with Crippen LogP contribution in [0.3, 0.4) is 0 Å². The minimum Gasteiger partial charge on any atom is -0.378 e. The Bertz CT molecular complexity index is 616. The molecular formula is C14H21N5O. The molecule has 0 atom stereocenters. The third kappa shape index (κ3) is 2.25. The van der Waals surface area contributed by atoms with Gasteiger partial charge in [0.2, 0.25) is 0 Å². The summed E-state index contributed by atoms with van der Waals surface area (Å²) >= 11 is 0. The van der Waals surface area contributed by atoms with Crippen LogP contribution in [-0.2, 0) is 11.3 Å². The molecule has 0 saturated carbocycles. The molecule has 1 fully saturated rings. The molecular weight excluding hydrogens is 254 g/mol. The van der Waals surface area contributed by atoms with Gasteiger partial charge in [0.1, 0.15) is 5.82 Å². The van der Waals surface area contributed by atoms with Crippen LogP contribution < -0.4 is 10.2 Å². The summed E-state index contributed by atoms with van der Waals surface area (Å²) in [7, 11) is 1.69. The molecule has 0 amide bonds. The third-order valence-corrected chi connectivity index (χ3v) is 3.81. The van der Waals surface area contributed by atoms with Gasteiger partial charge in [0, 0.05) is 50.6 Å². The molecule has 1 aliphatic rings. The molecule has 1 N–H and O–H groups in total. The summed E-state index contributed by atoms with van der Waals surface area (Å²) in [4.78, 5) is 7.02. The highest BCUT2D eigenvalue weighted by Gasteiger charge is 2.19. The molecule has 6 heteroatoms. The van der Waals surface area contributed by atoms with Crippen molar-refractivity contribution in [3.63, 3.8) is 0 Å². The Morgan fingerprint density at radius 3 is 2.75 bits per heavy atom. The SMILES string of the molecule is COCc1cc2nc(C)c(C)c(N3CCNCC3)n2n1. The normalized spacial score (nSPS) is 16.1. The standard InChI is InChI=1S/C14H21N5O/c1-10-11(2)16-13-8-12(9-20-3)17-19(13)14(10)18-6-4-15-5-7-18/h8,15H,4-7,9H2,1-3H3. The zero-order valence-electron chi connectivity index (χ0n) is 12.3. The first-order valence-corrected chi connectivity index (χ1v) is 7.01. The number of piperazine rings is 1. The lowest BCUT2D eigenvalue weighted by Gasteiger charge is -2.31. The smallest absolute Gasteiger partial charge is 0.157 e. The molecule has 20 heavy (non-hydrogen) atoms. The maximum atomic E-state index is 5.18. The van der Waals surface area contributed by atoms with Crippen molar-refractivity contribution < 1.29 is 4.74 Å². The molecule has 2 aromatic heterocycles. The van der Waals surface area contributed by atoms with E-state index in [1.165, 1.54) is 5.56 Å². The Hall–Kier alpha value is -1.66. The second-order valence-electron chi connectivity index (χ2n) is 5.22. The summed E-state index contributed by atoms with van der Waals surface area (Å²) in [6.07, 6.45) is 0. The molecule has 3 rings (SSSR count). The molecule has 0 aliphatic carbocycles. The fourth-order valence-corrected chi connectivity index (χ4v) is 2.70. The predicted octanol–water partition coefficient (Wildman–Crippen LogP) is 0.902. The van der Waals surface area contributed by atoms with Gasteiger partial charge in [-0.15, -0.1) is 0 Å². The first kappa shape index (κ1) is 13.3. The molecule has 0 bridgehead atoms. The highest BCUT2D eigenvalue weighted by Crippen LogP contribution is 2.24. The van der Waals surface area contributed by atoms with E-state index in [-0.39, 0.29) is 0 Å². The van der Waals surface area contributed by atoms with Crippen molar-refractivity contribution in [1.29, 1.82) is 0 Å². The first-order valence-electron chi connectivity index (χ1n) is 7.01. The maximum absolute atomic E-state index is 5.18. The minimum atomic E-state index is 0.516. The Labute approximate surface area is 118 Å². The molecule has 2 aromatic rings. The fraction of sp³-hybridized carbons (Fsp3) is 0.571. The molecule has 0 radical (unpaired) electrons. The lowest BCUT2D eigenvalue weighted by atomic mass is 10.2. The van der Waals surface area contributed by atoms with E-state index in [4.69, 9.17) is 4.74 Å². The van der Waals surface area contributed by atoms with Crippen LogP contribution in [-0.4, -0.2) is 47.9 Å². The second kappa shape index (κ2) is 5.38. The van der Waals surface area contributed by atoms with Gasteiger partial charge in [-0.3, -0.25) is 0 Å². The van der Waals surface area contributed by atoms with E-state index in [2.05, 4.69) is 34.1 Å². The number of aromatic nitrogens is 3. The number of methoxy groups -OCH3 is 1. The molecule has 3 heterocycles. The van der Waals surface area contributed by atoms with Crippen LogP contribution in [0.5, 0.6) is 0 Å². The van der Waals surface area contributed by atoms with E-state index >= 15 is 0 Å². The molecule has 0 spiro atoms. The highest BCUT2D eigenvalue weighted by atomic mass is 16.5. The van der Waals surface area contributed by atoms with Crippen LogP contribution in [0.2, 0.25) is 0 Å². The summed E-state index contributed by atoms with van der Waals surface area (Å²) < 4.78 is 7.14. The number of aryl methyl sites for hydroxylation is 1. The number of nitrogens with one attached hydrogen (secondary N) is 1. The number of hydrogen-bond donors (Lipinski definition) is 1. The number of nitrogens with zero attached hydrogens (tertiary/aromatic N) is 4. The number of fused-ring (bicyclic) bond motifs is 1. The van der Waals surface area contributed by atoms with Gasteiger partial charge in [-0.1, -0.05) is 0 Å². The topological polar surface area (TPSA) is 54.7 Å². The van der Waals surface area contributed by atoms with E-state index in [0.29, 0.717) is 6.61 Å². The maximum Gasteiger partial charge on any atom is 0.157 e. The largest absolute Gasteiger partial charge is 0.378 e. The second-order valence-corrected chi connectivity index (χ2v) is 5.22. The van der Waals surface area contributed by atoms with E-state index in [9.17, 15) is 0 Å². The van der Waals surface area contributed by atoms with Crippen LogP contribution in [0.1, 0.15) is 17.0 Å². The zero-order valence-corrected chi connectivity index (χ0v) is 12.3. The molecule has 0 unspecified atom stereocenters. The summed E-state index contributed by atoms with van der Waals surface area (Å²) in [5.74, 6) is 1.16. The van der Waals surface area contributed by atoms with E-state index in [1.54, 1.807) is 7.11 Å². The highest BCUT2D eigenvalue weighted by molar-refractivity contribution is 5.57. The van der Waals surface area contributed by atoms with Crippen molar-refractivity contribution in [2.24, 2.45) is 0 Å². The van der Waals surface area contributed by atoms with Gasteiger partial charge in [0.15, 0.2) is 5.65 Å². The minimum absolute atomic E-state index is 0.516. The number of hydrogen-bond acceptors (Lipinski definition) is 5. The van der Waals surface area contributed by atoms with E-state index in [0.717, 1.165) is 49.0 Å². The van der Waals surface area contributed by atoms with Gasteiger partial charge in [-0.05, 0) is 13.8 Å². The first-order chi connectivity index (χ1) is 9.70. The van der Waals surface area contributed by atoms with Crippen molar-refractivity contribution in [3.8, 4) is 0 Å². The van der Waals surface area contributed by atoms with Crippen molar-refractivity contribution in [3.05, 3.63) is 23.0 Å². The average molecular weight is 275 g/mol. The van der Waals surface area contributed by atoms with Crippen LogP contribution in [0.25, 0.3) is 5.65 Å². The molecule has 0 aromatic carbocycles. The number of ether oxygens (including phenoxy) is 1. The van der Waals surface area contributed by atoms with E-state index < -0.39 is 0 Å². The Kier molecular flexibility index (Phi) is 3.58. The summed E-state index contributed by atoms with van der Waals surface area (Å²) in [5.41, 5.74) is 4.08. The Balaban J connectivity index is 2.13. The summed E-state index contributed by atoms with van der Waals surface area (Å²) in [5, 5.41) is 8.03. The summed E-state index contributed by atoms with van der Waals surface area (Å²) in [6, 6.07) is 2.00. The molecule has 6 nitrogen and oxygen atoms in total.